The molecule has 0 atom stereocenters. The third kappa shape index (κ3) is 4.76. The number of carbonyl (C=O) groups excluding carboxylic acids is 1. The van der Waals surface area contributed by atoms with E-state index in [9.17, 15) is 9.18 Å². The zero-order valence-electron chi connectivity index (χ0n) is 15.4. The Labute approximate surface area is 161 Å². The van der Waals surface area contributed by atoms with Gasteiger partial charge >= 0.3 is 0 Å². The Balaban J connectivity index is 1.57. The van der Waals surface area contributed by atoms with E-state index in [1.807, 2.05) is 0 Å². The maximum Gasteiger partial charge on any atom is 0.244 e. The van der Waals surface area contributed by atoms with E-state index >= 15 is 0 Å². The number of halogens is 1. The van der Waals surface area contributed by atoms with Crippen molar-refractivity contribution in [1.29, 1.82) is 0 Å². The smallest absolute Gasteiger partial charge is 0.244 e. The number of nitrogens with zero attached hydrogens (tertiary/aromatic N) is 1. The summed E-state index contributed by atoms with van der Waals surface area (Å²) in [5.74, 6) is 1.60. The van der Waals surface area contributed by atoms with Crippen molar-refractivity contribution < 1.29 is 23.1 Å². The summed E-state index contributed by atoms with van der Waals surface area (Å²) in [6.45, 7) is 0. The molecule has 1 N–H and O–H groups in total. The van der Waals surface area contributed by atoms with Gasteiger partial charge < -0.3 is 13.9 Å². The minimum atomic E-state index is -0.311. The van der Waals surface area contributed by atoms with Gasteiger partial charge in [0.05, 0.1) is 26.9 Å². The summed E-state index contributed by atoms with van der Waals surface area (Å²) in [7, 11) is 3.09. The number of hydrogen-bond acceptors (Lipinski definition) is 5. The van der Waals surface area contributed by atoms with Crippen molar-refractivity contribution in [2.45, 2.75) is 6.42 Å². The van der Waals surface area contributed by atoms with Crippen LogP contribution in [0.25, 0.3) is 11.3 Å². The summed E-state index contributed by atoms with van der Waals surface area (Å²) in [5.41, 5.74) is 3.97. The van der Waals surface area contributed by atoms with Crippen LogP contribution in [-0.4, -0.2) is 26.3 Å². The number of hydrogen-bond donors (Lipinski definition) is 1. The Morgan fingerprint density at radius 2 is 1.82 bits per heavy atom. The predicted molar refractivity (Wildman–Crippen MR) is 103 cm³/mol. The fourth-order valence-electron chi connectivity index (χ4n) is 2.57. The zero-order chi connectivity index (χ0) is 19.9. The molecular formula is C21H19FN2O4. The number of hydrazone groups is 1. The van der Waals surface area contributed by atoms with Crippen LogP contribution in [0.2, 0.25) is 0 Å². The summed E-state index contributed by atoms with van der Waals surface area (Å²) in [6, 6.07) is 14.7. The highest BCUT2D eigenvalue weighted by Crippen LogP contribution is 2.27. The summed E-state index contributed by atoms with van der Waals surface area (Å²) in [6.07, 6.45) is 1.54. The first-order chi connectivity index (χ1) is 13.6. The molecule has 0 bridgehead atoms. The lowest BCUT2D eigenvalue weighted by atomic mass is 10.1. The van der Waals surface area contributed by atoms with Crippen LogP contribution >= 0.6 is 0 Å². The third-order valence-electron chi connectivity index (χ3n) is 3.95. The van der Waals surface area contributed by atoms with Crippen molar-refractivity contribution in [3.63, 3.8) is 0 Å². The van der Waals surface area contributed by atoms with Gasteiger partial charge in [-0.05, 0) is 54.1 Å². The number of benzene rings is 2. The third-order valence-corrected chi connectivity index (χ3v) is 3.95. The number of furan rings is 1. The van der Waals surface area contributed by atoms with Crippen LogP contribution in [0.4, 0.5) is 4.39 Å². The average Bonchev–Trinajstić information content (AvgIpc) is 3.17. The quantitative estimate of drug-likeness (QED) is 0.498. The van der Waals surface area contributed by atoms with Gasteiger partial charge in [-0.2, -0.15) is 5.10 Å². The van der Waals surface area contributed by atoms with Crippen molar-refractivity contribution in [3.05, 3.63) is 71.7 Å². The highest BCUT2D eigenvalue weighted by molar-refractivity contribution is 5.82. The normalized spacial score (nSPS) is 10.8. The number of nitrogens with one attached hydrogen (secondary N) is 1. The molecule has 7 heteroatoms. The van der Waals surface area contributed by atoms with Crippen LogP contribution < -0.4 is 14.9 Å². The molecule has 0 aliphatic heterocycles. The minimum Gasteiger partial charge on any atom is -0.493 e. The Hall–Kier alpha value is -3.61. The molecule has 0 saturated carbocycles. The fourth-order valence-corrected chi connectivity index (χ4v) is 2.57. The molecule has 0 unspecified atom stereocenters. The Kier molecular flexibility index (Phi) is 6.06. The minimum absolute atomic E-state index is 0.136. The van der Waals surface area contributed by atoms with Gasteiger partial charge in [-0.3, -0.25) is 4.79 Å². The molecule has 3 aromatic rings. The maximum absolute atomic E-state index is 13.0. The first-order valence-corrected chi connectivity index (χ1v) is 8.47. The topological polar surface area (TPSA) is 73.1 Å². The van der Waals surface area contributed by atoms with E-state index in [0.29, 0.717) is 23.0 Å². The highest BCUT2D eigenvalue weighted by Gasteiger charge is 2.08. The second-order valence-electron chi connectivity index (χ2n) is 5.87. The molecule has 0 saturated heterocycles. The molecule has 28 heavy (non-hydrogen) atoms. The van der Waals surface area contributed by atoms with E-state index in [0.717, 1.165) is 11.1 Å². The summed E-state index contributed by atoms with van der Waals surface area (Å²) >= 11 is 0. The number of rotatable bonds is 7. The molecule has 0 fully saturated rings. The Bertz CT molecular complexity index is 980. The van der Waals surface area contributed by atoms with Crippen LogP contribution in [0, 0.1) is 5.82 Å². The van der Waals surface area contributed by atoms with Crippen molar-refractivity contribution in [3.8, 4) is 22.8 Å². The van der Waals surface area contributed by atoms with E-state index < -0.39 is 0 Å². The number of amides is 1. The van der Waals surface area contributed by atoms with Crippen molar-refractivity contribution in [2.75, 3.05) is 14.2 Å². The lowest BCUT2D eigenvalue weighted by Crippen LogP contribution is -2.19. The van der Waals surface area contributed by atoms with Gasteiger partial charge in [-0.15, -0.1) is 0 Å². The maximum atomic E-state index is 13.0. The molecule has 1 heterocycles. The number of carbonyl (C=O) groups is 1. The summed E-state index contributed by atoms with van der Waals surface area (Å²) < 4.78 is 29.0. The van der Waals surface area contributed by atoms with Crippen LogP contribution in [0.5, 0.6) is 11.5 Å². The molecule has 144 valence electrons. The molecule has 1 aromatic heterocycles. The van der Waals surface area contributed by atoms with E-state index in [-0.39, 0.29) is 18.1 Å². The van der Waals surface area contributed by atoms with Crippen LogP contribution in [0.3, 0.4) is 0 Å². The SMILES string of the molecule is COc1ccc(CC(=O)N/N=C/c2ccc(-c3ccc(F)cc3)o2)cc1OC. The Morgan fingerprint density at radius 3 is 2.54 bits per heavy atom. The predicted octanol–water partition coefficient (Wildman–Crippen LogP) is 3.80. The van der Waals surface area contributed by atoms with Gasteiger partial charge in [-0.25, -0.2) is 9.82 Å². The molecule has 2 aromatic carbocycles. The van der Waals surface area contributed by atoms with Gasteiger partial charge in [0.25, 0.3) is 0 Å². The summed E-state index contributed by atoms with van der Waals surface area (Å²) in [4.78, 5) is 12.1. The molecule has 0 aliphatic rings. The lowest BCUT2D eigenvalue weighted by Gasteiger charge is -2.09. The van der Waals surface area contributed by atoms with Gasteiger partial charge in [0.15, 0.2) is 11.5 Å². The largest absolute Gasteiger partial charge is 0.493 e. The van der Waals surface area contributed by atoms with E-state index in [4.69, 9.17) is 13.9 Å². The standard InChI is InChI=1S/C21H19FN2O4/c1-26-19-9-3-14(11-20(19)27-2)12-21(25)24-23-13-17-8-10-18(28-17)15-4-6-16(22)7-5-15/h3-11,13H,12H2,1-2H3,(H,24,25)/b23-13+. The first kappa shape index (κ1) is 19.2. The monoisotopic (exact) mass is 382 g/mol. The van der Waals surface area contributed by atoms with Crippen LogP contribution in [0.1, 0.15) is 11.3 Å². The average molecular weight is 382 g/mol. The molecule has 6 nitrogen and oxygen atoms in total. The van der Waals surface area contributed by atoms with Gasteiger partial charge in [0.2, 0.25) is 5.91 Å². The molecule has 0 spiro atoms. The molecule has 0 radical (unpaired) electrons. The van der Waals surface area contributed by atoms with Crippen molar-refractivity contribution >= 4 is 12.1 Å². The molecule has 0 aliphatic carbocycles. The highest BCUT2D eigenvalue weighted by atomic mass is 19.1. The Morgan fingerprint density at radius 1 is 1.07 bits per heavy atom. The van der Waals surface area contributed by atoms with Crippen LogP contribution in [-0.2, 0) is 11.2 Å². The molecule has 3 rings (SSSR count). The van der Waals surface area contributed by atoms with Gasteiger partial charge in [0, 0.05) is 5.56 Å². The van der Waals surface area contributed by atoms with Gasteiger partial charge in [-0.1, -0.05) is 6.07 Å². The van der Waals surface area contributed by atoms with E-state index in [1.54, 1.807) is 49.6 Å². The zero-order valence-corrected chi connectivity index (χ0v) is 15.4. The van der Waals surface area contributed by atoms with Crippen molar-refractivity contribution in [2.24, 2.45) is 5.10 Å². The van der Waals surface area contributed by atoms with Crippen LogP contribution in [0.15, 0.2) is 64.1 Å². The second kappa shape index (κ2) is 8.85. The number of methoxy groups -OCH3 is 2. The van der Waals surface area contributed by atoms with Gasteiger partial charge in [0.1, 0.15) is 17.3 Å². The number of ether oxygens (including phenoxy) is 2. The second-order valence-corrected chi connectivity index (χ2v) is 5.87. The lowest BCUT2D eigenvalue weighted by molar-refractivity contribution is -0.120. The van der Waals surface area contributed by atoms with Crippen molar-refractivity contribution in [1.82, 2.24) is 5.43 Å². The first-order valence-electron chi connectivity index (χ1n) is 8.47. The summed E-state index contributed by atoms with van der Waals surface area (Å²) in [5, 5.41) is 3.90. The molecular weight excluding hydrogens is 363 g/mol. The molecule has 1 amide bonds. The van der Waals surface area contributed by atoms with E-state index in [1.165, 1.54) is 25.5 Å². The fraction of sp³-hybridized carbons (Fsp3) is 0.143. The van der Waals surface area contributed by atoms with E-state index in [2.05, 4.69) is 10.5 Å².